The predicted octanol–water partition coefficient (Wildman–Crippen LogP) is 0.198. The van der Waals surface area contributed by atoms with Gasteiger partial charge in [-0.15, -0.1) is 0 Å². The molecular weight excluding hydrogens is 190 g/mol. The van der Waals surface area contributed by atoms with E-state index in [2.05, 4.69) is 15.5 Å². The van der Waals surface area contributed by atoms with Crippen LogP contribution < -0.4 is 10.6 Å². The van der Waals surface area contributed by atoms with Crippen molar-refractivity contribution in [1.82, 2.24) is 15.5 Å². The fourth-order valence-corrected chi connectivity index (χ4v) is 1.91. The van der Waals surface area contributed by atoms with Gasteiger partial charge >= 0.3 is 0 Å². The van der Waals surface area contributed by atoms with Crippen LogP contribution in [0.1, 0.15) is 25.7 Å². The minimum absolute atomic E-state index is 0.779. The number of carbonyl (C=O) groups excluding carboxylic acids is 1. The molecule has 0 aromatic carbocycles. The van der Waals surface area contributed by atoms with Crippen molar-refractivity contribution in [2.45, 2.75) is 25.7 Å². The molecular formula is C11H23N3O. The summed E-state index contributed by atoms with van der Waals surface area (Å²) in [7, 11) is 0. The molecule has 0 spiro atoms. The lowest BCUT2D eigenvalue weighted by molar-refractivity contribution is -0.109. The Labute approximate surface area is 92.4 Å². The molecule has 1 aliphatic heterocycles. The molecule has 4 heteroatoms. The summed E-state index contributed by atoms with van der Waals surface area (Å²) in [6.45, 7) is 6.76. The van der Waals surface area contributed by atoms with Crippen LogP contribution in [0, 0.1) is 0 Å². The van der Waals surface area contributed by atoms with E-state index in [4.69, 9.17) is 0 Å². The summed E-state index contributed by atoms with van der Waals surface area (Å²) in [4.78, 5) is 12.5. The van der Waals surface area contributed by atoms with Gasteiger partial charge < -0.3 is 15.5 Å². The molecule has 0 aromatic heterocycles. The molecule has 1 aliphatic rings. The lowest BCUT2D eigenvalue weighted by atomic mass is 10.2. The van der Waals surface area contributed by atoms with Gasteiger partial charge in [0.1, 0.15) is 0 Å². The molecule has 0 radical (unpaired) electrons. The molecule has 0 unspecified atom stereocenters. The highest BCUT2D eigenvalue weighted by Gasteiger charge is 2.07. The van der Waals surface area contributed by atoms with Crippen molar-refractivity contribution in [3.8, 4) is 0 Å². The van der Waals surface area contributed by atoms with Crippen LogP contribution in [-0.4, -0.2) is 50.6 Å². The number of amides is 1. The van der Waals surface area contributed by atoms with Crippen molar-refractivity contribution in [2.75, 3.05) is 39.3 Å². The Balaban J connectivity index is 1.81. The van der Waals surface area contributed by atoms with Crippen molar-refractivity contribution in [1.29, 1.82) is 0 Å². The van der Waals surface area contributed by atoms with Gasteiger partial charge in [-0.05, 0) is 19.4 Å². The first-order valence-corrected chi connectivity index (χ1v) is 6.03. The molecule has 15 heavy (non-hydrogen) atoms. The van der Waals surface area contributed by atoms with E-state index in [-0.39, 0.29) is 0 Å². The third-order valence-corrected chi connectivity index (χ3v) is 2.84. The Kier molecular flexibility index (Phi) is 7.21. The average molecular weight is 213 g/mol. The molecule has 1 rings (SSSR count). The molecule has 0 bridgehead atoms. The van der Waals surface area contributed by atoms with Crippen LogP contribution in [-0.2, 0) is 4.79 Å². The smallest absolute Gasteiger partial charge is 0.207 e. The van der Waals surface area contributed by atoms with Crippen LogP contribution in [0.5, 0.6) is 0 Å². The number of nitrogens with zero attached hydrogens (tertiary/aromatic N) is 1. The Morgan fingerprint density at radius 3 is 2.60 bits per heavy atom. The van der Waals surface area contributed by atoms with Crippen LogP contribution in [0.15, 0.2) is 0 Å². The second-order valence-corrected chi connectivity index (χ2v) is 4.08. The summed E-state index contributed by atoms with van der Waals surface area (Å²) < 4.78 is 0. The summed E-state index contributed by atoms with van der Waals surface area (Å²) in [6, 6.07) is 0. The molecule has 0 aromatic rings. The van der Waals surface area contributed by atoms with Crippen molar-refractivity contribution >= 4 is 6.41 Å². The highest BCUT2D eigenvalue weighted by Crippen LogP contribution is 2.02. The van der Waals surface area contributed by atoms with Crippen LogP contribution in [0.25, 0.3) is 0 Å². The fraction of sp³-hybridized carbons (Fsp3) is 0.909. The maximum atomic E-state index is 9.98. The first-order chi connectivity index (χ1) is 7.43. The van der Waals surface area contributed by atoms with Gasteiger partial charge in [-0.1, -0.05) is 12.8 Å². The zero-order chi connectivity index (χ0) is 10.8. The van der Waals surface area contributed by atoms with Crippen molar-refractivity contribution in [3.63, 3.8) is 0 Å². The van der Waals surface area contributed by atoms with Gasteiger partial charge in [0.25, 0.3) is 0 Å². The average Bonchev–Trinajstić information content (AvgIpc) is 2.29. The number of nitrogens with one attached hydrogen (secondary N) is 2. The second kappa shape index (κ2) is 8.68. The standard InChI is InChI=1S/C11H23N3O/c15-11-13-5-3-1-2-4-8-14-9-6-12-7-10-14/h11-12H,1-10H2,(H,13,15). The molecule has 0 aliphatic carbocycles. The first kappa shape index (κ1) is 12.5. The second-order valence-electron chi connectivity index (χ2n) is 4.08. The van der Waals surface area contributed by atoms with Crippen LogP contribution in [0.3, 0.4) is 0 Å². The van der Waals surface area contributed by atoms with Gasteiger partial charge in [0.2, 0.25) is 6.41 Å². The molecule has 1 saturated heterocycles. The zero-order valence-electron chi connectivity index (χ0n) is 9.50. The predicted molar refractivity (Wildman–Crippen MR) is 61.8 cm³/mol. The first-order valence-electron chi connectivity index (χ1n) is 6.03. The van der Waals surface area contributed by atoms with Crippen LogP contribution >= 0.6 is 0 Å². The number of hydrogen-bond acceptors (Lipinski definition) is 3. The van der Waals surface area contributed by atoms with E-state index in [1.807, 2.05) is 0 Å². The van der Waals surface area contributed by atoms with Gasteiger partial charge in [-0.3, -0.25) is 4.79 Å². The van der Waals surface area contributed by atoms with E-state index in [1.54, 1.807) is 0 Å². The van der Waals surface area contributed by atoms with Crippen LogP contribution in [0.4, 0.5) is 0 Å². The van der Waals surface area contributed by atoms with Crippen molar-refractivity contribution in [2.24, 2.45) is 0 Å². The lowest BCUT2D eigenvalue weighted by Gasteiger charge is -2.26. The van der Waals surface area contributed by atoms with Crippen molar-refractivity contribution < 1.29 is 4.79 Å². The number of unbranched alkanes of at least 4 members (excludes halogenated alkanes) is 3. The van der Waals surface area contributed by atoms with Crippen molar-refractivity contribution in [3.05, 3.63) is 0 Å². The van der Waals surface area contributed by atoms with Gasteiger partial charge in [-0.25, -0.2) is 0 Å². The monoisotopic (exact) mass is 213 g/mol. The third-order valence-electron chi connectivity index (χ3n) is 2.84. The minimum Gasteiger partial charge on any atom is -0.359 e. The number of piperazine rings is 1. The van der Waals surface area contributed by atoms with Gasteiger partial charge in [0, 0.05) is 32.7 Å². The van der Waals surface area contributed by atoms with E-state index in [0.717, 1.165) is 32.5 Å². The normalized spacial score (nSPS) is 17.6. The molecule has 88 valence electrons. The number of hydrogen-bond donors (Lipinski definition) is 2. The Morgan fingerprint density at radius 1 is 1.13 bits per heavy atom. The molecule has 1 heterocycles. The highest BCUT2D eigenvalue weighted by atomic mass is 16.1. The van der Waals surface area contributed by atoms with Gasteiger partial charge in [-0.2, -0.15) is 0 Å². The molecule has 1 fully saturated rings. The van der Waals surface area contributed by atoms with E-state index in [9.17, 15) is 4.79 Å². The summed E-state index contributed by atoms with van der Waals surface area (Å²) >= 11 is 0. The summed E-state index contributed by atoms with van der Waals surface area (Å²) in [5.41, 5.74) is 0. The Morgan fingerprint density at radius 2 is 1.87 bits per heavy atom. The van der Waals surface area contributed by atoms with E-state index in [1.165, 1.54) is 38.9 Å². The molecule has 2 N–H and O–H groups in total. The minimum atomic E-state index is 0.779. The summed E-state index contributed by atoms with van der Waals surface area (Å²) in [6.07, 6.45) is 5.69. The summed E-state index contributed by atoms with van der Waals surface area (Å²) in [5.74, 6) is 0. The van der Waals surface area contributed by atoms with Crippen LogP contribution in [0.2, 0.25) is 0 Å². The Hall–Kier alpha value is -0.610. The fourth-order valence-electron chi connectivity index (χ4n) is 1.91. The molecule has 0 atom stereocenters. The third kappa shape index (κ3) is 6.47. The maximum absolute atomic E-state index is 9.98. The van der Waals surface area contributed by atoms with E-state index >= 15 is 0 Å². The number of rotatable bonds is 8. The number of carbonyl (C=O) groups is 1. The molecule has 4 nitrogen and oxygen atoms in total. The zero-order valence-corrected chi connectivity index (χ0v) is 9.50. The van der Waals surface area contributed by atoms with Gasteiger partial charge in [0.05, 0.1) is 0 Å². The van der Waals surface area contributed by atoms with Gasteiger partial charge in [0.15, 0.2) is 0 Å². The Bertz CT molecular complexity index is 158. The lowest BCUT2D eigenvalue weighted by Crippen LogP contribution is -2.43. The largest absolute Gasteiger partial charge is 0.359 e. The SMILES string of the molecule is O=CNCCCCCCN1CCNCC1. The molecule has 0 saturated carbocycles. The topological polar surface area (TPSA) is 44.4 Å². The quantitative estimate of drug-likeness (QED) is 0.447. The molecule has 1 amide bonds. The maximum Gasteiger partial charge on any atom is 0.207 e. The summed E-state index contributed by atoms with van der Waals surface area (Å²) in [5, 5.41) is 6.05. The van der Waals surface area contributed by atoms with E-state index < -0.39 is 0 Å². The highest BCUT2D eigenvalue weighted by molar-refractivity contribution is 5.45. The van der Waals surface area contributed by atoms with E-state index in [0.29, 0.717) is 0 Å².